The second-order valence-electron chi connectivity index (χ2n) is 6.88. The average molecular weight is 380 g/mol. The molecular weight excluding hydrogens is 354 g/mol. The summed E-state index contributed by atoms with van der Waals surface area (Å²) in [5.74, 6) is 0.358. The van der Waals surface area contributed by atoms with E-state index in [1.54, 1.807) is 11.3 Å². The minimum atomic E-state index is -0.183. The van der Waals surface area contributed by atoms with Crippen LogP contribution in [0, 0.1) is 6.92 Å². The monoisotopic (exact) mass is 379 g/mol. The smallest absolute Gasteiger partial charge is 0.319 e. The summed E-state index contributed by atoms with van der Waals surface area (Å²) in [5, 5.41) is 8.94. The van der Waals surface area contributed by atoms with Crippen molar-refractivity contribution in [1.29, 1.82) is 0 Å². The van der Waals surface area contributed by atoms with Crippen molar-refractivity contribution < 1.29 is 4.79 Å². The summed E-state index contributed by atoms with van der Waals surface area (Å²) in [6.45, 7) is 6.86. The van der Waals surface area contributed by atoms with Crippen molar-refractivity contribution in [2.45, 2.75) is 33.1 Å². The molecule has 0 atom stereocenters. The number of nitrogens with one attached hydrogen (secondary N) is 2. The number of amides is 2. The van der Waals surface area contributed by atoms with Crippen molar-refractivity contribution in [3.63, 3.8) is 0 Å². The number of carbonyl (C=O) groups excluding carboxylic acids is 1. The van der Waals surface area contributed by atoms with E-state index in [4.69, 9.17) is 0 Å². The van der Waals surface area contributed by atoms with E-state index in [1.165, 1.54) is 5.56 Å². The molecule has 140 valence electrons. The molecule has 2 aromatic carbocycles. The largest absolute Gasteiger partial charge is 0.337 e. The van der Waals surface area contributed by atoms with Gasteiger partial charge in [-0.15, -0.1) is 11.3 Å². The fraction of sp³-hybridized carbons (Fsp3) is 0.273. The predicted molar refractivity (Wildman–Crippen MR) is 114 cm³/mol. The molecule has 1 aromatic heterocycles. The maximum Gasteiger partial charge on any atom is 0.319 e. The van der Waals surface area contributed by atoms with E-state index in [2.05, 4.69) is 66.0 Å². The lowest BCUT2D eigenvalue weighted by Gasteiger charge is -2.14. The summed E-state index contributed by atoms with van der Waals surface area (Å²) in [4.78, 5) is 16.9. The summed E-state index contributed by atoms with van der Waals surface area (Å²) in [7, 11) is 0. The van der Waals surface area contributed by atoms with Crippen molar-refractivity contribution in [1.82, 2.24) is 10.3 Å². The molecule has 0 spiro atoms. The fourth-order valence-corrected chi connectivity index (χ4v) is 3.70. The zero-order chi connectivity index (χ0) is 19.2. The third-order valence-electron chi connectivity index (χ3n) is 4.35. The van der Waals surface area contributed by atoms with E-state index in [0.29, 0.717) is 18.9 Å². The minimum absolute atomic E-state index is 0.183. The van der Waals surface area contributed by atoms with Crippen LogP contribution in [0.1, 0.15) is 36.6 Å². The number of rotatable bonds is 6. The maximum atomic E-state index is 12.2. The first-order chi connectivity index (χ1) is 13.0. The molecule has 0 bridgehead atoms. The Bertz CT molecular complexity index is 900. The molecule has 0 unspecified atom stereocenters. The van der Waals surface area contributed by atoms with Gasteiger partial charge in [-0.25, -0.2) is 9.78 Å². The normalized spacial score (nSPS) is 10.8. The Hall–Kier alpha value is -2.66. The van der Waals surface area contributed by atoms with Crippen LogP contribution >= 0.6 is 11.3 Å². The number of aryl methyl sites for hydroxylation is 1. The first kappa shape index (κ1) is 19.1. The molecule has 0 aliphatic heterocycles. The van der Waals surface area contributed by atoms with Gasteiger partial charge in [0.2, 0.25) is 0 Å². The molecule has 0 saturated heterocycles. The first-order valence-electron chi connectivity index (χ1n) is 9.18. The van der Waals surface area contributed by atoms with Crippen LogP contribution in [0.2, 0.25) is 0 Å². The quantitative estimate of drug-likeness (QED) is 0.585. The molecule has 0 saturated carbocycles. The van der Waals surface area contributed by atoms with E-state index in [9.17, 15) is 4.79 Å². The highest BCUT2D eigenvalue weighted by Gasteiger charge is 2.09. The molecule has 1 heterocycles. The number of urea groups is 1. The van der Waals surface area contributed by atoms with Gasteiger partial charge >= 0.3 is 6.03 Å². The van der Waals surface area contributed by atoms with Gasteiger partial charge in [0.1, 0.15) is 5.01 Å². The number of para-hydroxylation sites is 1. The number of aromatic nitrogens is 1. The SMILES string of the molecule is Cc1ccc(-c2nc(CCNC(=O)Nc3ccccc3C(C)C)cs2)cc1. The molecule has 2 amide bonds. The fourth-order valence-electron chi connectivity index (χ4n) is 2.84. The Labute approximate surface area is 164 Å². The lowest BCUT2D eigenvalue weighted by molar-refractivity contribution is 0.252. The third-order valence-corrected chi connectivity index (χ3v) is 5.29. The van der Waals surface area contributed by atoms with E-state index >= 15 is 0 Å². The first-order valence-corrected chi connectivity index (χ1v) is 10.1. The van der Waals surface area contributed by atoms with Crippen LogP contribution in [0.25, 0.3) is 10.6 Å². The average Bonchev–Trinajstić information content (AvgIpc) is 3.11. The summed E-state index contributed by atoms with van der Waals surface area (Å²) in [5.41, 5.74) is 5.37. The molecular formula is C22H25N3OS. The van der Waals surface area contributed by atoms with Gasteiger partial charge in [-0.1, -0.05) is 61.9 Å². The van der Waals surface area contributed by atoms with Gasteiger partial charge < -0.3 is 10.6 Å². The van der Waals surface area contributed by atoms with E-state index < -0.39 is 0 Å². The zero-order valence-electron chi connectivity index (χ0n) is 16.0. The maximum absolute atomic E-state index is 12.2. The van der Waals surface area contributed by atoms with Crippen molar-refractivity contribution in [3.05, 3.63) is 70.7 Å². The lowest BCUT2D eigenvalue weighted by Crippen LogP contribution is -2.30. The Morgan fingerprint density at radius 2 is 1.85 bits per heavy atom. The van der Waals surface area contributed by atoms with Crippen molar-refractivity contribution in [2.24, 2.45) is 0 Å². The second kappa shape index (κ2) is 8.82. The van der Waals surface area contributed by atoms with Crippen LogP contribution in [0.15, 0.2) is 53.9 Å². The summed E-state index contributed by atoms with van der Waals surface area (Å²) in [6.07, 6.45) is 0.710. The lowest BCUT2D eigenvalue weighted by atomic mass is 10.0. The van der Waals surface area contributed by atoms with Crippen molar-refractivity contribution >= 4 is 23.1 Å². The van der Waals surface area contributed by atoms with Crippen LogP contribution in [-0.4, -0.2) is 17.6 Å². The molecule has 5 heteroatoms. The summed E-state index contributed by atoms with van der Waals surface area (Å²) in [6, 6.07) is 16.1. The van der Waals surface area contributed by atoms with Crippen LogP contribution in [0.3, 0.4) is 0 Å². The molecule has 0 aliphatic carbocycles. The summed E-state index contributed by atoms with van der Waals surface area (Å²) < 4.78 is 0. The van der Waals surface area contributed by atoms with E-state index in [0.717, 1.165) is 27.5 Å². The number of anilines is 1. The second-order valence-corrected chi connectivity index (χ2v) is 7.74. The van der Waals surface area contributed by atoms with Crippen LogP contribution in [-0.2, 0) is 6.42 Å². The Morgan fingerprint density at radius 3 is 2.59 bits per heavy atom. The zero-order valence-corrected chi connectivity index (χ0v) is 16.8. The molecule has 27 heavy (non-hydrogen) atoms. The van der Waals surface area contributed by atoms with Crippen LogP contribution < -0.4 is 10.6 Å². The number of carbonyl (C=O) groups is 1. The number of nitrogens with zero attached hydrogens (tertiary/aromatic N) is 1. The van der Waals surface area contributed by atoms with E-state index in [1.807, 2.05) is 24.3 Å². The molecule has 4 nitrogen and oxygen atoms in total. The highest BCUT2D eigenvalue weighted by atomic mass is 32.1. The molecule has 0 fully saturated rings. The van der Waals surface area contributed by atoms with Crippen molar-refractivity contribution in [2.75, 3.05) is 11.9 Å². The molecule has 3 rings (SSSR count). The van der Waals surface area contributed by atoms with Crippen LogP contribution in [0.5, 0.6) is 0 Å². The Kier molecular flexibility index (Phi) is 6.24. The molecule has 3 aromatic rings. The standard InChI is InChI=1S/C22H25N3OS/c1-15(2)19-6-4-5-7-20(19)25-22(26)23-13-12-18-14-27-21(24-18)17-10-8-16(3)9-11-17/h4-11,14-15H,12-13H2,1-3H3,(H2,23,25,26). The molecule has 0 aliphatic rings. The highest BCUT2D eigenvalue weighted by molar-refractivity contribution is 7.13. The molecule has 0 radical (unpaired) electrons. The van der Waals surface area contributed by atoms with Gasteiger partial charge in [-0.05, 0) is 24.5 Å². The Balaban J connectivity index is 1.52. The van der Waals surface area contributed by atoms with Gasteiger partial charge in [-0.3, -0.25) is 0 Å². The van der Waals surface area contributed by atoms with Crippen molar-refractivity contribution in [3.8, 4) is 10.6 Å². The number of thiazole rings is 1. The van der Waals surface area contributed by atoms with Gasteiger partial charge in [0.05, 0.1) is 5.69 Å². The third kappa shape index (κ3) is 5.17. The molecule has 2 N–H and O–H groups in total. The predicted octanol–water partition coefficient (Wildman–Crippen LogP) is 5.61. The number of benzene rings is 2. The van der Waals surface area contributed by atoms with Gasteiger partial charge in [0.15, 0.2) is 0 Å². The number of hydrogen-bond donors (Lipinski definition) is 2. The van der Waals surface area contributed by atoms with Crippen LogP contribution in [0.4, 0.5) is 10.5 Å². The van der Waals surface area contributed by atoms with Gasteiger partial charge in [0, 0.05) is 29.6 Å². The van der Waals surface area contributed by atoms with Gasteiger partial charge in [0.25, 0.3) is 0 Å². The van der Waals surface area contributed by atoms with E-state index in [-0.39, 0.29) is 6.03 Å². The topological polar surface area (TPSA) is 54.0 Å². The minimum Gasteiger partial charge on any atom is -0.337 e. The summed E-state index contributed by atoms with van der Waals surface area (Å²) >= 11 is 1.64. The number of hydrogen-bond acceptors (Lipinski definition) is 3. The van der Waals surface area contributed by atoms with Gasteiger partial charge in [-0.2, -0.15) is 0 Å². The Morgan fingerprint density at radius 1 is 1.11 bits per heavy atom. The highest BCUT2D eigenvalue weighted by Crippen LogP contribution is 2.25.